The standard InChI is InChI=1S/C34H52N8O2S2/c1-26-23-29-35-17-11-7-6-8-12-18-36-30-24-27(2)40(5)33(38-30)46-22-16-10-14-20-42-31(43)25-28(3)41(34(42)44)19-13-9-15-21-45-32(37-29)39(26)4/h23-25H,6-22H2,1-5H3/p+2. The molecule has 0 atom stereocenters. The summed E-state index contributed by atoms with van der Waals surface area (Å²) in [6, 6.07) is 5.86. The van der Waals surface area contributed by atoms with E-state index in [1.165, 1.54) is 35.2 Å². The van der Waals surface area contributed by atoms with Crippen molar-refractivity contribution in [3.8, 4) is 0 Å². The third-order valence-corrected chi connectivity index (χ3v) is 11.0. The maximum Gasteiger partial charge on any atom is 0.361 e. The van der Waals surface area contributed by atoms with Gasteiger partial charge in [-0.2, -0.15) is 0 Å². The molecule has 0 amide bonds. The van der Waals surface area contributed by atoms with E-state index in [4.69, 9.17) is 9.97 Å². The smallest absolute Gasteiger partial charge is 0.349 e. The summed E-state index contributed by atoms with van der Waals surface area (Å²) in [5.74, 6) is 3.81. The fourth-order valence-electron chi connectivity index (χ4n) is 5.59. The van der Waals surface area contributed by atoms with Gasteiger partial charge in [0.05, 0.1) is 14.1 Å². The van der Waals surface area contributed by atoms with Crippen LogP contribution in [0.5, 0.6) is 0 Å². The minimum Gasteiger partial charge on any atom is -0.349 e. The van der Waals surface area contributed by atoms with Gasteiger partial charge >= 0.3 is 16.0 Å². The number of aromatic nitrogens is 6. The van der Waals surface area contributed by atoms with Crippen molar-refractivity contribution in [3.63, 3.8) is 0 Å². The first-order valence-electron chi connectivity index (χ1n) is 17.0. The van der Waals surface area contributed by atoms with E-state index in [0.717, 1.165) is 104 Å². The van der Waals surface area contributed by atoms with Crippen LogP contribution >= 0.6 is 23.5 Å². The average molecular weight is 671 g/mol. The first kappa shape index (κ1) is 36.0. The first-order chi connectivity index (χ1) is 22.2. The Kier molecular flexibility index (Phi) is 14.4. The third kappa shape index (κ3) is 10.6. The Labute approximate surface area is 282 Å². The first-order valence-corrected chi connectivity index (χ1v) is 19.0. The normalized spacial score (nSPS) is 17.0. The minimum absolute atomic E-state index is 0.180. The second kappa shape index (κ2) is 18.5. The van der Waals surface area contributed by atoms with E-state index < -0.39 is 0 Å². The highest BCUT2D eigenvalue weighted by Gasteiger charge is 2.18. The van der Waals surface area contributed by atoms with E-state index in [9.17, 15) is 9.59 Å². The summed E-state index contributed by atoms with van der Waals surface area (Å²) in [7, 11) is 4.14. The van der Waals surface area contributed by atoms with Gasteiger partial charge in [0, 0.05) is 61.6 Å². The largest absolute Gasteiger partial charge is 0.361 e. The van der Waals surface area contributed by atoms with Crippen LogP contribution in [-0.2, 0) is 27.2 Å². The highest BCUT2D eigenvalue weighted by Crippen LogP contribution is 2.19. The molecule has 0 saturated carbocycles. The van der Waals surface area contributed by atoms with E-state index in [0.29, 0.717) is 13.1 Å². The molecular formula is C34H54N8O2S2+2. The number of rotatable bonds is 0. The second-order valence-electron chi connectivity index (χ2n) is 12.4. The highest BCUT2D eigenvalue weighted by atomic mass is 32.2. The van der Waals surface area contributed by atoms with Crippen LogP contribution in [0.15, 0.2) is 38.1 Å². The highest BCUT2D eigenvalue weighted by molar-refractivity contribution is 7.99. The van der Waals surface area contributed by atoms with Crippen molar-refractivity contribution < 1.29 is 9.13 Å². The molecule has 10 nitrogen and oxygen atoms in total. The number of fused-ring (bicyclic) bond motifs is 6. The number of thioether (sulfide) groups is 2. The molecule has 3 aromatic rings. The van der Waals surface area contributed by atoms with Gasteiger partial charge in [-0.15, -0.1) is 0 Å². The zero-order valence-corrected chi connectivity index (χ0v) is 30.2. The fraction of sp³-hybridized carbons (Fsp3) is 0.647. The fourth-order valence-corrected chi connectivity index (χ4v) is 7.66. The van der Waals surface area contributed by atoms with Gasteiger partial charge < -0.3 is 10.6 Å². The van der Waals surface area contributed by atoms with Gasteiger partial charge in [0.15, 0.2) is 0 Å². The lowest BCUT2D eigenvalue weighted by atomic mass is 10.1. The summed E-state index contributed by atoms with van der Waals surface area (Å²) < 4.78 is 7.50. The topological polar surface area (TPSA) is 102 Å². The van der Waals surface area contributed by atoms with Crippen molar-refractivity contribution in [2.24, 2.45) is 14.1 Å². The molecule has 2 N–H and O–H groups in total. The Hall–Kier alpha value is -2.86. The lowest BCUT2D eigenvalue weighted by molar-refractivity contribution is -0.718. The van der Waals surface area contributed by atoms with Crippen molar-refractivity contribution in [2.45, 2.75) is 115 Å². The number of hydrogen-bond acceptors (Lipinski definition) is 8. The quantitative estimate of drug-likeness (QED) is 0.252. The molecule has 4 rings (SSSR count). The number of aryl methyl sites for hydroxylation is 3. The molecular weight excluding hydrogens is 617 g/mol. The number of hydrogen-bond donors (Lipinski definition) is 2. The van der Waals surface area contributed by atoms with E-state index in [1.807, 2.05) is 6.92 Å². The van der Waals surface area contributed by atoms with Crippen molar-refractivity contribution >= 4 is 35.2 Å². The molecule has 0 unspecified atom stereocenters. The van der Waals surface area contributed by atoms with E-state index in [1.54, 1.807) is 34.2 Å². The summed E-state index contributed by atoms with van der Waals surface area (Å²) in [4.78, 5) is 35.8. The molecule has 0 aliphatic carbocycles. The molecule has 1 aliphatic heterocycles. The molecule has 0 spiro atoms. The van der Waals surface area contributed by atoms with Gasteiger partial charge in [-0.25, -0.2) is 13.9 Å². The zero-order chi connectivity index (χ0) is 32.9. The predicted octanol–water partition coefficient (Wildman–Crippen LogP) is 5.09. The maximum absolute atomic E-state index is 13.3. The third-order valence-electron chi connectivity index (χ3n) is 8.72. The molecule has 46 heavy (non-hydrogen) atoms. The molecule has 252 valence electrons. The molecule has 12 heteroatoms. The Morgan fingerprint density at radius 2 is 1.09 bits per heavy atom. The molecule has 0 radical (unpaired) electrons. The van der Waals surface area contributed by atoms with Crippen LogP contribution in [-0.4, -0.2) is 43.7 Å². The van der Waals surface area contributed by atoms with Crippen molar-refractivity contribution in [1.29, 1.82) is 0 Å². The second-order valence-corrected chi connectivity index (χ2v) is 14.5. The van der Waals surface area contributed by atoms with E-state index in [2.05, 4.69) is 59.8 Å². The predicted molar refractivity (Wildman–Crippen MR) is 189 cm³/mol. The van der Waals surface area contributed by atoms with Gasteiger partial charge in [0.1, 0.15) is 11.4 Å². The molecule has 0 fully saturated rings. The Morgan fingerprint density at radius 3 is 1.61 bits per heavy atom. The lowest BCUT2D eigenvalue weighted by Gasteiger charge is -2.13. The number of nitrogens with zero attached hydrogens (tertiary/aromatic N) is 6. The minimum atomic E-state index is -0.195. The average Bonchev–Trinajstić information content (AvgIpc) is 3.02. The SMILES string of the molecule is Cc1cc(=O)n2c(=O)n1CCCCCSc1nc(cc(C)[n+]1C)NCCCCCCCNc1cc(C)[n+](C)c(n1)SCCCCC2. The summed E-state index contributed by atoms with van der Waals surface area (Å²) in [6.07, 6.45) is 11.6. The Bertz CT molecular complexity index is 1560. The zero-order valence-electron chi connectivity index (χ0n) is 28.6. The summed E-state index contributed by atoms with van der Waals surface area (Å²) in [5, 5.41) is 9.11. The van der Waals surface area contributed by atoms with Crippen LogP contribution in [0.4, 0.5) is 11.6 Å². The Morgan fingerprint density at radius 1 is 0.630 bits per heavy atom. The van der Waals surface area contributed by atoms with Crippen molar-refractivity contribution in [3.05, 3.63) is 56.1 Å². The van der Waals surface area contributed by atoms with Gasteiger partial charge in [0.2, 0.25) is 11.6 Å². The van der Waals surface area contributed by atoms with Gasteiger partial charge in [-0.1, -0.05) is 32.1 Å². The van der Waals surface area contributed by atoms with Crippen LogP contribution in [0.3, 0.4) is 0 Å². The molecule has 6 bridgehead atoms. The number of anilines is 2. The molecule has 0 saturated heterocycles. The van der Waals surface area contributed by atoms with Crippen LogP contribution in [0, 0.1) is 20.8 Å². The van der Waals surface area contributed by atoms with Crippen LogP contribution in [0.1, 0.15) is 87.7 Å². The van der Waals surface area contributed by atoms with Gasteiger partial charge in [-0.3, -0.25) is 13.9 Å². The van der Waals surface area contributed by atoms with Gasteiger partial charge in [-0.05, 0) is 92.8 Å². The molecule has 1 aliphatic rings. The van der Waals surface area contributed by atoms with Crippen LogP contribution in [0.25, 0.3) is 0 Å². The maximum atomic E-state index is 13.3. The Balaban J connectivity index is 1.40. The summed E-state index contributed by atoms with van der Waals surface area (Å²) in [6.45, 7) is 9.06. The van der Waals surface area contributed by atoms with E-state index in [-0.39, 0.29) is 11.2 Å². The lowest BCUT2D eigenvalue weighted by Crippen LogP contribution is -2.40. The number of nitrogens with one attached hydrogen (secondary N) is 2. The van der Waals surface area contributed by atoms with Crippen LogP contribution in [0.2, 0.25) is 0 Å². The summed E-state index contributed by atoms with van der Waals surface area (Å²) in [5.41, 5.74) is 2.73. The van der Waals surface area contributed by atoms with Crippen molar-refractivity contribution in [2.75, 3.05) is 35.2 Å². The summed E-state index contributed by atoms with van der Waals surface area (Å²) >= 11 is 3.56. The van der Waals surface area contributed by atoms with Crippen LogP contribution < -0.4 is 31.0 Å². The monoisotopic (exact) mass is 670 g/mol. The molecule has 4 heterocycles. The van der Waals surface area contributed by atoms with Gasteiger partial charge in [0.25, 0.3) is 5.56 Å². The molecule has 3 aromatic heterocycles. The van der Waals surface area contributed by atoms with Crippen molar-refractivity contribution in [1.82, 2.24) is 19.1 Å². The van der Waals surface area contributed by atoms with E-state index >= 15 is 0 Å². The molecule has 0 aromatic carbocycles.